The number of rotatable bonds is 6. The fourth-order valence-corrected chi connectivity index (χ4v) is 3.08. The van der Waals surface area contributed by atoms with Gasteiger partial charge in [-0.25, -0.2) is 4.98 Å². The van der Waals surface area contributed by atoms with Crippen molar-refractivity contribution in [2.24, 2.45) is 5.73 Å². The molecule has 0 saturated heterocycles. The molecule has 1 aromatic heterocycles. The van der Waals surface area contributed by atoms with Crippen molar-refractivity contribution in [1.29, 1.82) is 5.26 Å². The minimum atomic E-state index is -4.66. The molecule has 0 aliphatic rings. The second-order valence-electron chi connectivity index (χ2n) is 5.73. The molecule has 0 unspecified atom stereocenters. The van der Waals surface area contributed by atoms with Gasteiger partial charge in [-0.3, -0.25) is 4.79 Å². The van der Waals surface area contributed by atoms with Crippen molar-refractivity contribution in [3.63, 3.8) is 0 Å². The highest BCUT2D eigenvalue weighted by Crippen LogP contribution is 2.41. The van der Waals surface area contributed by atoms with E-state index in [0.29, 0.717) is 0 Å². The number of amides is 1. The van der Waals surface area contributed by atoms with Crippen LogP contribution in [-0.2, 0) is 11.0 Å². The number of anilines is 3. The number of aromatic nitrogens is 2. The first kappa shape index (κ1) is 22.1. The van der Waals surface area contributed by atoms with Crippen LogP contribution in [0.1, 0.15) is 18.1 Å². The number of hydrogen-bond acceptors (Lipinski definition) is 8. The van der Waals surface area contributed by atoms with Gasteiger partial charge in [0.2, 0.25) is 11.9 Å². The second-order valence-corrected chi connectivity index (χ2v) is 6.53. The van der Waals surface area contributed by atoms with Crippen LogP contribution in [0.25, 0.3) is 0 Å². The first-order valence-electron chi connectivity index (χ1n) is 8.00. The number of thioether (sulfide) groups is 1. The van der Waals surface area contributed by atoms with Gasteiger partial charge in [0.15, 0.2) is 5.82 Å². The number of nitrogens with zero attached hydrogens (tertiary/aromatic N) is 4. The van der Waals surface area contributed by atoms with Crippen LogP contribution in [0.2, 0.25) is 0 Å². The molecule has 0 aliphatic carbocycles. The first-order valence-corrected chi connectivity index (χ1v) is 9.23. The van der Waals surface area contributed by atoms with E-state index in [1.807, 2.05) is 6.07 Å². The lowest BCUT2D eigenvalue weighted by Crippen LogP contribution is -2.41. The summed E-state index contributed by atoms with van der Waals surface area (Å²) in [5, 5.41) is 9.81. The van der Waals surface area contributed by atoms with Gasteiger partial charge in [0.1, 0.15) is 28.4 Å². The van der Waals surface area contributed by atoms with E-state index in [1.54, 1.807) is 6.26 Å². The van der Waals surface area contributed by atoms with E-state index in [9.17, 15) is 23.2 Å². The Morgan fingerprint density at radius 2 is 2.03 bits per heavy atom. The lowest BCUT2D eigenvalue weighted by molar-refractivity contribution is -0.137. The lowest BCUT2D eigenvalue weighted by atomic mass is 10.1. The van der Waals surface area contributed by atoms with Crippen molar-refractivity contribution >= 4 is 35.1 Å². The number of nitrogens with two attached hydrogens (primary N) is 2. The molecule has 0 bridgehead atoms. The number of nitriles is 1. The minimum absolute atomic E-state index is 0.0119. The van der Waals surface area contributed by atoms with Crippen LogP contribution in [0.15, 0.2) is 23.2 Å². The third-order valence-corrected chi connectivity index (χ3v) is 4.65. The Balaban J connectivity index is 2.90. The predicted octanol–water partition coefficient (Wildman–Crippen LogP) is 2.69. The molecule has 0 radical (unpaired) electrons. The van der Waals surface area contributed by atoms with Gasteiger partial charge in [0.25, 0.3) is 0 Å². The average molecular weight is 426 g/mol. The van der Waals surface area contributed by atoms with Gasteiger partial charge in [-0.05, 0) is 31.4 Å². The van der Waals surface area contributed by atoms with Gasteiger partial charge in [0.05, 0.1) is 18.4 Å². The predicted molar refractivity (Wildman–Crippen MR) is 102 cm³/mol. The summed E-state index contributed by atoms with van der Waals surface area (Å²) in [4.78, 5) is 21.0. The molecule has 2 aromatic rings. The Kier molecular flexibility index (Phi) is 6.43. The van der Waals surface area contributed by atoms with Crippen LogP contribution in [-0.4, -0.2) is 35.3 Å². The molecule has 1 amide bonds. The molecule has 0 fully saturated rings. The number of benzene rings is 1. The molecule has 154 valence electrons. The van der Waals surface area contributed by atoms with Gasteiger partial charge in [-0.2, -0.15) is 23.4 Å². The second kappa shape index (κ2) is 8.44. The molecule has 8 nitrogen and oxygen atoms in total. The monoisotopic (exact) mass is 426 g/mol. The van der Waals surface area contributed by atoms with Crippen LogP contribution < -0.4 is 21.1 Å². The maximum atomic E-state index is 13.3. The third-order valence-electron chi connectivity index (χ3n) is 3.97. The van der Waals surface area contributed by atoms with Gasteiger partial charge < -0.3 is 21.1 Å². The molecular weight excluding hydrogens is 409 g/mol. The smallest absolute Gasteiger partial charge is 0.416 e. The van der Waals surface area contributed by atoms with E-state index >= 15 is 0 Å². The van der Waals surface area contributed by atoms with E-state index in [2.05, 4.69) is 9.97 Å². The molecule has 4 N–H and O–H groups in total. The fourth-order valence-electron chi connectivity index (χ4n) is 2.55. The van der Waals surface area contributed by atoms with Gasteiger partial charge >= 0.3 is 6.18 Å². The van der Waals surface area contributed by atoms with E-state index < -0.39 is 23.7 Å². The number of nitrogen functional groups attached to an aromatic ring is 1. The van der Waals surface area contributed by atoms with Gasteiger partial charge in [-0.15, -0.1) is 11.8 Å². The van der Waals surface area contributed by atoms with Crippen molar-refractivity contribution in [2.75, 3.05) is 24.0 Å². The summed E-state index contributed by atoms with van der Waals surface area (Å²) in [6.07, 6.45) is -3.02. The molecule has 1 heterocycles. The Hall–Kier alpha value is -3.20. The van der Waals surface area contributed by atoms with Crippen LogP contribution in [0.4, 0.5) is 30.6 Å². The number of carbonyl (C=O) groups excluding carboxylic acids is 1. The molecule has 1 atom stereocenters. The van der Waals surface area contributed by atoms with Crippen LogP contribution in [0.5, 0.6) is 5.75 Å². The fraction of sp³-hybridized carbons (Fsp3) is 0.294. The maximum Gasteiger partial charge on any atom is 0.416 e. The Labute approximate surface area is 168 Å². The lowest BCUT2D eigenvalue weighted by Gasteiger charge is -2.31. The molecule has 12 heteroatoms. The number of methoxy groups -OCH3 is 1. The topological polar surface area (TPSA) is 131 Å². The van der Waals surface area contributed by atoms with Crippen molar-refractivity contribution in [2.45, 2.75) is 24.2 Å². The molecule has 1 aromatic carbocycles. The van der Waals surface area contributed by atoms with Crippen LogP contribution in [0.3, 0.4) is 0 Å². The summed E-state index contributed by atoms with van der Waals surface area (Å²) in [7, 11) is 1.26. The summed E-state index contributed by atoms with van der Waals surface area (Å²) < 4.78 is 45.1. The normalized spacial score (nSPS) is 12.2. The first-order chi connectivity index (χ1) is 13.5. The SMILES string of the molecule is COc1ccc(C(F)(F)F)cc1N(c1nc(N)nc(SC)c1C#N)[C@@H](C)C(N)=O. The van der Waals surface area contributed by atoms with Crippen LogP contribution in [0, 0.1) is 11.3 Å². The van der Waals surface area contributed by atoms with Gasteiger partial charge in [0, 0.05) is 0 Å². The number of halogens is 3. The van der Waals surface area contributed by atoms with Crippen molar-refractivity contribution in [1.82, 2.24) is 9.97 Å². The minimum Gasteiger partial charge on any atom is -0.495 e. The quantitative estimate of drug-likeness (QED) is 0.532. The third kappa shape index (κ3) is 4.45. The zero-order valence-electron chi connectivity index (χ0n) is 15.6. The van der Waals surface area contributed by atoms with E-state index in [0.717, 1.165) is 34.9 Å². The molecular formula is C17H17F3N6O2S. The molecule has 2 rings (SSSR count). The average Bonchev–Trinajstić information content (AvgIpc) is 2.66. The van der Waals surface area contributed by atoms with Crippen LogP contribution >= 0.6 is 11.8 Å². The Morgan fingerprint density at radius 1 is 1.38 bits per heavy atom. The summed E-state index contributed by atoms with van der Waals surface area (Å²) in [6.45, 7) is 1.36. The molecule has 0 spiro atoms. The highest BCUT2D eigenvalue weighted by Gasteiger charge is 2.35. The number of primary amides is 1. The molecule has 29 heavy (non-hydrogen) atoms. The number of alkyl halides is 3. The number of ether oxygens (including phenoxy) is 1. The Morgan fingerprint density at radius 3 is 2.52 bits per heavy atom. The maximum absolute atomic E-state index is 13.3. The standard InChI is InChI=1S/C17H17F3N6O2S/c1-8(13(22)27)26(14-10(7-21)15(29-3)25-16(23)24-14)11-6-9(17(18,19)20)4-5-12(11)28-2/h4-6,8H,1-3H3,(H2,22,27)(H2,23,24,25)/t8-/m0/s1. The summed E-state index contributed by atoms with van der Waals surface area (Å²) >= 11 is 1.09. The highest BCUT2D eigenvalue weighted by molar-refractivity contribution is 7.98. The number of hydrogen-bond donors (Lipinski definition) is 2. The summed E-state index contributed by atoms with van der Waals surface area (Å²) in [6, 6.07) is 3.45. The van der Waals surface area contributed by atoms with E-state index in [1.165, 1.54) is 14.0 Å². The molecule has 0 aliphatic heterocycles. The zero-order valence-corrected chi connectivity index (χ0v) is 16.4. The Bertz CT molecular complexity index is 977. The van der Waals surface area contributed by atoms with Crippen molar-refractivity contribution < 1.29 is 22.7 Å². The summed E-state index contributed by atoms with van der Waals surface area (Å²) in [5.74, 6) is -1.24. The molecule has 0 saturated carbocycles. The largest absolute Gasteiger partial charge is 0.495 e. The van der Waals surface area contributed by atoms with E-state index in [4.69, 9.17) is 16.2 Å². The highest BCUT2D eigenvalue weighted by atomic mass is 32.2. The van der Waals surface area contributed by atoms with E-state index in [-0.39, 0.29) is 33.8 Å². The zero-order chi connectivity index (χ0) is 21.9. The number of carbonyl (C=O) groups is 1. The van der Waals surface area contributed by atoms with Crippen molar-refractivity contribution in [3.05, 3.63) is 29.3 Å². The van der Waals surface area contributed by atoms with Crippen molar-refractivity contribution in [3.8, 4) is 11.8 Å². The van der Waals surface area contributed by atoms with Gasteiger partial charge in [-0.1, -0.05) is 0 Å². The summed E-state index contributed by atoms with van der Waals surface area (Å²) in [5.41, 5.74) is 9.93.